The van der Waals surface area contributed by atoms with Gasteiger partial charge in [-0.15, -0.1) is 0 Å². The van der Waals surface area contributed by atoms with E-state index in [2.05, 4.69) is 15.6 Å². The molecule has 1 fully saturated rings. The van der Waals surface area contributed by atoms with Crippen LogP contribution < -0.4 is 16.2 Å². The van der Waals surface area contributed by atoms with E-state index in [1.54, 1.807) is 10.8 Å². The molecular formula is C22H27N5O2. The molecule has 3 aromatic rings. The van der Waals surface area contributed by atoms with E-state index in [0.29, 0.717) is 29.4 Å². The van der Waals surface area contributed by atoms with Crippen LogP contribution >= 0.6 is 0 Å². The number of aliphatic hydroxyl groups is 1. The summed E-state index contributed by atoms with van der Waals surface area (Å²) in [5.41, 5.74) is 1.06. The monoisotopic (exact) mass is 393 g/mol. The fourth-order valence-electron chi connectivity index (χ4n) is 3.87. The van der Waals surface area contributed by atoms with E-state index in [1.165, 1.54) is 0 Å². The van der Waals surface area contributed by atoms with E-state index in [0.717, 1.165) is 36.6 Å². The third-order valence-electron chi connectivity index (χ3n) is 5.51. The fraction of sp³-hybridized carbons (Fsp3) is 0.409. The van der Waals surface area contributed by atoms with Crippen LogP contribution in [0, 0.1) is 6.92 Å². The smallest absolute Gasteiger partial charge is 0.262 e. The van der Waals surface area contributed by atoms with Gasteiger partial charge in [0, 0.05) is 25.0 Å². The molecule has 7 heteroatoms. The van der Waals surface area contributed by atoms with Gasteiger partial charge in [0.15, 0.2) is 0 Å². The van der Waals surface area contributed by atoms with Crippen molar-refractivity contribution in [2.45, 2.75) is 58.2 Å². The van der Waals surface area contributed by atoms with Gasteiger partial charge in [-0.25, -0.2) is 9.97 Å². The van der Waals surface area contributed by atoms with E-state index in [1.807, 2.05) is 44.3 Å². The van der Waals surface area contributed by atoms with Gasteiger partial charge in [0.1, 0.15) is 17.5 Å². The van der Waals surface area contributed by atoms with E-state index in [4.69, 9.17) is 4.98 Å². The number of hydrogen-bond acceptors (Lipinski definition) is 6. The van der Waals surface area contributed by atoms with E-state index in [9.17, 15) is 9.90 Å². The molecule has 0 atom stereocenters. The molecule has 0 radical (unpaired) electrons. The minimum Gasteiger partial charge on any atom is -0.393 e. The Morgan fingerprint density at radius 2 is 1.97 bits per heavy atom. The van der Waals surface area contributed by atoms with Crippen LogP contribution in [-0.2, 0) is 6.54 Å². The Morgan fingerprint density at radius 1 is 1.17 bits per heavy atom. The summed E-state index contributed by atoms with van der Waals surface area (Å²) in [5.74, 6) is 1.94. The van der Waals surface area contributed by atoms with E-state index >= 15 is 0 Å². The zero-order chi connectivity index (χ0) is 20.4. The van der Waals surface area contributed by atoms with Crippen LogP contribution in [0.5, 0.6) is 0 Å². The summed E-state index contributed by atoms with van der Waals surface area (Å²) in [4.78, 5) is 22.1. The van der Waals surface area contributed by atoms with Crippen molar-refractivity contribution >= 4 is 28.2 Å². The van der Waals surface area contributed by atoms with Crippen molar-refractivity contribution < 1.29 is 5.11 Å². The number of fused-ring (bicyclic) bond motifs is 1. The predicted octanol–water partition coefficient (Wildman–Crippen LogP) is 3.58. The summed E-state index contributed by atoms with van der Waals surface area (Å²) in [6.45, 7) is 4.57. The van der Waals surface area contributed by atoms with E-state index < -0.39 is 0 Å². The van der Waals surface area contributed by atoms with Crippen molar-refractivity contribution in [2.24, 2.45) is 0 Å². The van der Waals surface area contributed by atoms with Crippen LogP contribution in [0.4, 0.5) is 17.5 Å². The molecule has 1 aliphatic carbocycles. The maximum Gasteiger partial charge on any atom is 0.262 e. The largest absolute Gasteiger partial charge is 0.393 e. The second kappa shape index (κ2) is 8.21. The molecule has 0 spiro atoms. The second-order valence-corrected chi connectivity index (χ2v) is 7.72. The maximum atomic E-state index is 13.0. The van der Waals surface area contributed by atoms with Crippen LogP contribution in [0.3, 0.4) is 0 Å². The topological polar surface area (TPSA) is 92.1 Å². The Labute approximate surface area is 169 Å². The molecule has 0 unspecified atom stereocenters. The molecule has 1 saturated carbocycles. The van der Waals surface area contributed by atoms with Crippen LogP contribution in [0.25, 0.3) is 10.8 Å². The van der Waals surface area contributed by atoms with Crippen molar-refractivity contribution in [1.82, 2.24) is 14.5 Å². The van der Waals surface area contributed by atoms with Gasteiger partial charge in [0.05, 0.1) is 11.5 Å². The highest BCUT2D eigenvalue weighted by Crippen LogP contribution is 2.27. The molecule has 1 aliphatic rings. The maximum absolute atomic E-state index is 13.0. The average Bonchev–Trinajstić information content (AvgIpc) is 2.70. The summed E-state index contributed by atoms with van der Waals surface area (Å²) in [5, 5.41) is 18.0. The molecule has 7 nitrogen and oxygen atoms in total. The van der Waals surface area contributed by atoms with Crippen molar-refractivity contribution in [3.05, 3.63) is 52.6 Å². The summed E-state index contributed by atoms with van der Waals surface area (Å²) in [6, 6.07) is 7.92. The minimum absolute atomic E-state index is 0.0453. The highest BCUT2D eigenvalue weighted by Gasteiger charge is 2.21. The number of nitrogens with one attached hydrogen (secondary N) is 2. The van der Waals surface area contributed by atoms with Gasteiger partial charge in [-0.2, -0.15) is 0 Å². The minimum atomic E-state index is -0.226. The summed E-state index contributed by atoms with van der Waals surface area (Å²) in [7, 11) is 0. The lowest BCUT2D eigenvalue weighted by Crippen LogP contribution is -2.29. The van der Waals surface area contributed by atoms with Crippen LogP contribution in [-0.4, -0.2) is 31.8 Å². The highest BCUT2D eigenvalue weighted by molar-refractivity contribution is 5.93. The predicted molar refractivity (Wildman–Crippen MR) is 116 cm³/mol. The second-order valence-electron chi connectivity index (χ2n) is 7.72. The number of anilines is 3. The normalized spacial score (nSPS) is 19.3. The van der Waals surface area contributed by atoms with Gasteiger partial charge >= 0.3 is 0 Å². The van der Waals surface area contributed by atoms with E-state index in [-0.39, 0.29) is 17.7 Å². The quantitative estimate of drug-likeness (QED) is 0.614. The molecule has 0 saturated heterocycles. The number of pyridine rings is 3. The lowest BCUT2D eigenvalue weighted by atomic mass is 9.93. The Morgan fingerprint density at radius 3 is 2.69 bits per heavy atom. The van der Waals surface area contributed by atoms with Crippen molar-refractivity contribution in [2.75, 3.05) is 10.6 Å². The molecule has 29 heavy (non-hydrogen) atoms. The first kappa shape index (κ1) is 19.4. The average molecular weight is 393 g/mol. The molecule has 3 aromatic heterocycles. The first-order valence-electron chi connectivity index (χ1n) is 10.2. The molecule has 0 bridgehead atoms. The first-order chi connectivity index (χ1) is 14.0. The Bertz CT molecular complexity index is 1070. The van der Waals surface area contributed by atoms with Crippen LogP contribution in [0.15, 0.2) is 41.5 Å². The molecule has 3 heterocycles. The zero-order valence-electron chi connectivity index (χ0n) is 16.9. The van der Waals surface area contributed by atoms with Crippen molar-refractivity contribution in [3.63, 3.8) is 0 Å². The Balaban J connectivity index is 1.75. The van der Waals surface area contributed by atoms with Gasteiger partial charge in [0.2, 0.25) is 0 Å². The Kier molecular flexibility index (Phi) is 5.49. The molecular weight excluding hydrogens is 366 g/mol. The van der Waals surface area contributed by atoms with Crippen molar-refractivity contribution in [1.29, 1.82) is 0 Å². The van der Waals surface area contributed by atoms with Gasteiger partial charge in [-0.1, -0.05) is 0 Å². The zero-order valence-corrected chi connectivity index (χ0v) is 16.9. The number of aliphatic hydroxyl groups excluding tert-OH is 1. The molecule has 0 aromatic carbocycles. The summed E-state index contributed by atoms with van der Waals surface area (Å²) >= 11 is 0. The number of aryl methyl sites for hydroxylation is 2. The van der Waals surface area contributed by atoms with Crippen molar-refractivity contribution in [3.8, 4) is 0 Å². The molecule has 152 valence electrons. The molecule has 4 rings (SSSR count). The SMILES string of the molecule is CCn1ccc2cc(Nc3cc(C)ccn3)nc(N[C@H]3CC[C@@H](O)CC3)c2c1=O. The molecule has 0 aliphatic heterocycles. The fourth-order valence-corrected chi connectivity index (χ4v) is 3.87. The van der Waals surface area contributed by atoms with Gasteiger partial charge in [-0.05, 0) is 74.7 Å². The highest BCUT2D eigenvalue weighted by atomic mass is 16.3. The molecule has 0 amide bonds. The lowest BCUT2D eigenvalue weighted by Gasteiger charge is -2.27. The summed E-state index contributed by atoms with van der Waals surface area (Å²) in [6.07, 6.45) is 6.59. The van der Waals surface area contributed by atoms with Gasteiger partial charge in [0.25, 0.3) is 5.56 Å². The van der Waals surface area contributed by atoms with Gasteiger partial charge < -0.3 is 20.3 Å². The Hall–Kier alpha value is -2.93. The number of aromatic nitrogens is 3. The lowest BCUT2D eigenvalue weighted by molar-refractivity contribution is 0.126. The van der Waals surface area contributed by atoms with Gasteiger partial charge in [-0.3, -0.25) is 4.79 Å². The standard InChI is InChI=1S/C22H27N5O2/c1-3-27-11-9-15-13-19(25-18-12-14(2)8-10-23-18)26-21(20(15)22(27)29)24-16-4-6-17(28)7-5-16/h8-13,16-17,28H,3-7H2,1-2H3,(H2,23,24,25,26)/t16-,17+. The number of rotatable bonds is 5. The third kappa shape index (κ3) is 4.24. The van der Waals surface area contributed by atoms with Crippen LogP contribution in [0.2, 0.25) is 0 Å². The first-order valence-corrected chi connectivity index (χ1v) is 10.2. The number of hydrogen-bond donors (Lipinski definition) is 3. The number of nitrogens with zero attached hydrogens (tertiary/aromatic N) is 3. The van der Waals surface area contributed by atoms with Crippen LogP contribution in [0.1, 0.15) is 38.2 Å². The third-order valence-corrected chi connectivity index (χ3v) is 5.51. The molecule has 3 N–H and O–H groups in total. The summed E-state index contributed by atoms with van der Waals surface area (Å²) < 4.78 is 1.69.